The van der Waals surface area contributed by atoms with Crippen LogP contribution in [-0.4, -0.2) is 34.7 Å². The lowest BCUT2D eigenvalue weighted by Crippen LogP contribution is -2.38. The number of anilines is 1. The summed E-state index contributed by atoms with van der Waals surface area (Å²) in [5.41, 5.74) is 4.18. The zero-order chi connectivity index (χ0) is 22.8. The molecule has 1 fully saturated rings. The Morgan fingerprint density at radius 3 is 2.64 bits per heavy atom. The van der Waals surface area contributed by atoms with Gasteiger partial charge in [0.05, 0.1) is 12.2 Å². The third kappa shape index (κ3) is 8.98. The molecule has 0 aliphatic heterocycles. The molecule has 1 saturated carbocycles. The molecule has 0 radical (unpaired) electrons. The van der Waals surface area contributed by atoms with Gasteiger partial charge < -0.3 is 16.0 Å². The van der Waals surface area contributed by atoms with Crippen molar-refractivity contribution in [1.82, 2.24) is 20.4 Å². The fourth-order valence-corrected chi connectivity index (χ4v) is 4.21. The Morgan fingerprint density at radius 2 is 1.94 bits per heavy atom. The van der Waals surface area contributed by atoms with E-state index in [4.69, 9.17) is 4.99 Å². The van der Waals surface area contributed by atoms with Crippen molar-refractivity contribution in [2.45, 2.75) is 72.4 Å². The number of guanidine groups is 1. The molecule has 1 aromatic heterocycles. The van der Waals surface area contributed by atoms with Crippen molar-refractivity contribution in [3.63, 3.8) is 0 Å². The summed E-state index contributed by atoms with van der Waals surface area (Å²) in [6.07, 6.45) is 6.56. The van der Waals surface area contributed by atoms with Gasteiger partial charge in [-0.25, -0.2) is 4.99 Å². The number of carbonyl (C=O) groups excluding carboxylic acids is 1. The first kappa shape index (κ1) is 27.1. The van der Waals surface area contributed by atoms with Crippen LogP contribution in [0, 0.1) is 19.8 Å². The predicted octanol–water partition coefficient (Wildman–Crippen LogP) is 4.78. The molecule has 0 unspecified atom stereocenters. The van der Waals surface area contributed by atoms with E-state index >= 15 is 0 Å². The summed E-state index contributed by atoms with van der Waals surface area (Å²) in [7, 11) is 0. The number of aryl methyl sites for hydroxylation is 3. The van der Waals surface area contributed by atoms with Crippen molar-refractivity contribution in [3.05, 3.63) is 47.3 Å². The van der Waals surface area contributed by atoms with Gasteiger partial charge in [-0.3, -0.25) is 9.48 Å². The number of rotatable bonds is 9. The second-order valence-electron chi connectivity index (χ2n) is 8.65. The molecule has 8 heteroatoms. The number of hydrogen-bond donors (Lipinski definition) is 3. The Hall–Kier alpha value is -2.10. The van der Waals surface area contributed by atoms with Gasteiger partial charge in [-0.2, -0.15) is 5.10 Å². The molecule has 3 rings (SSSR count). The molecule has 0 saturated heterocycles. The second kappa shape index (κ2) is 14.2. The van der Waals surface area contributed by atoms with E-state index in [9.17, 15) is 4.79 Å². The molecule has 1 aliphatic carbocycles. The lowest BCUT2D eigenvalue weighted by Gasteiger charge is -2.20. The third-order valence-electron chi connectivity index (χ3n) is 5.88. The quantitative estimate of drug-likeness (QED) is 0.177. The zero-order valence-corrected chi connectivity index (χ0v) is 22.5. The van der Waals surface area contributed by atoms with E-state index in [2.05, 4.69) is 41.0 Å². The highest BCUT2D eigenvalue weighted by molar-refractivity contribution is 14.0. The van der Waals surface area contributed by atoms with Crippen LogP contribution in [0.3, 0.4) is 0 Å². The van der Waals surface area contributed by atoms with Gasteiger partial charge in [0.2, 0.25) is 5.91 Å². The van der Waals surface area contributed by atoms with Gasteiger partial charge in [0.25, 0.3) is 0 Å². The molecule has 0 bridgehead atoms. The van der Waals surface area contributed by atoms with Crippen molar-refractivity contribution >= 4 is 41.5 Å². The lowest BCUT2D eigenvalue weighted by molar-refractivity contribution is -0.120. The van der Waals surface area contributed by atoms with Crippen LogP contribution in [0.1, 0.15) is 62.4 Å². The minimum Gasteiger partial charge on any atom is -0.357 e. The van der Waals surface area contributed by atoms with Gasteiger partial charge in [0.1, 0.15) is 0 Å². The second-order valence-corrected chi connectivity index (χ2v) is 8.65. The number of aromatic nitrogens is 2. The first-order valence-corrected chi connectivity index (χ1v) is 12.0. The maximum Gasteiger partial charge on any atom is 0.227 e. The highest BCUT2D eigenvalue weighted by Gasteiger charge is 2.21. The highest BCUT2D eigenvalue weighted by atomic mass is 127. The summed E-state index contributed by atoms with van der Waals surface area (Å²) in [6, 6.07) is 10.1. The molecule has 182 valence electrons. The van der Waals surface area contributed by atoms with Gasteiger partial charge in [-0.05, 0) is 63.8 Å². The summed E-state index contributed by atoms with van der Waals surface area (Å²) in [5, 5.41) is 14.3. The molecule has 0 spiro atoms. The lowest BCUT2D eigenvalue weighted by atomic mass is 9.88. The van der Waals surface area contributed by atoms with Crippen LogP contribution in [0.4, 0.5) is 5.69 Å². The van der Waals surface area contributed by atoms with E-state index in [-0.39, 0.29) is 35.8 Å². The number of amides is 1. The molecular weight excluding hydrogens is 527 g/mol. The molecule has 2 aromatic rings. The van der Waals surface area contributed by atoms with Crippen LogP contribution in [0.25, 0.3) is 0 Å². The molecule has 3 N–H and O–H groups in total. The molecular formula is C25H39IN6O. The first-order valence-electron chi connectivity index (χ1n) is 12.0. The third-order valence-corrected chi connectivity index (χ3v) is 5.88. The van der Waals surface area contributed by atoms with Crippen LogP contribution in [0.5, 0.6) is 0 Å². The van der Waals surface area contributed by atoms with Crippen molar-refractivity contribution in [1.29, 1.82) is 0 Å². The number of nitrogens with one attached hydrogen (secondary N) is 3. The number of hydrogen-bond acceptors (Lipinski definition) is 3. The topological polar surface area (TPSA) is 83.3 Å². The Bertz CT molecular complexity index is 904. The number of halogens is 1. The number of carbonyl (C=O) groups is 1. The van der Waals surface area contributed by atoms with E-state index < -0.39 is 0 Å². The van der Waals surface area contributed by atoms with E-state index in [1.165, 1.54) is 12.1 Å². The largest absolute Gasteiger partial charge is 0.357 e. The van der Waals surface area contributed by atoms with Crippen molar-refractivity contribution < 1.29 is 4.79 Å². The molecule has 7 nitrogen and oxygen atoms in total. The Kier molecular flexibility index (Phi) is 11.7. The Morgan fingerprint density at radius 1 is 1.15 bits per heavy atom. The monoisotopic (exact) mass is 566 g/mol. The molecule has 0 atom stereocenters. The minimum absolute atomic E-state index is 0. The fourth-order valence-electron chi connectivity index (χ4n) is 4.21. The summed E-state index contributed by atoms with van der Waals surface area (Å²) in [4.78, 5) is 17.3. The van der Waals surface area contributed by atoms with Gasteiger partial charge in [-0.15, -0.1) is 24.0 Å². The van der Waals surface area contributed by atoms with E-state index in [1.807, 2.05) is 35.9 Å². The Balaban J connectivity index is 0.00000385. The molecule has 1 amide bonds. The summed E-state index contributed by atoms with van der Waals surface area (Å²) in [6.45, 7) is 9.24. The fraction of sp³-hybridized carbons (Fsp3) is 0.560. The maximum atomic E-state index is 12.5. The van der Waals surface area contributed by atoms with Crippen LogP contribution in [0.15, 0.2) is 35.3 Å². The SMILES string of the molecule is CCNC(=NCc1cccc(NC(=O)C2CCCCC2)c1)NCCCn1nc(C)cc1C.I. The predicted molar refractivity (Wildman–Crippen MR) is 146 cm³/mol. The van der Waals surface area contributed by atoms with Crippen molar-refractivity contribution in [3.8, 4) is 0 Å². The highest BCUT2D eigenvalue weighted by Crippen LogP contribution is 2.25. The number of aliphatic imine (C=N–C) groups is 1. The average molecular weight is 567 g/mol. The van der Waals surface area contributed by atoms with Gasteiger partial charge in [0.15, 0.2) is 5.96 Å². The number of benzene rings is 1. The normalized spacial score (nSPS) is 14.5. The van der Waals surface area contributed by atoms with E-state index in [0.29, 0.717) is 6.54 Å². The van der Waals surface area contributed by atoms with Gasteiger partial charge >= 0.3 is 0 Å². The molecule has 33 heavy (non-hydrogen) atoms. The van der Waals surface area contributed by atoms with Crippen LogP contribution < -0.4 is 16.0 Å². The summed E-state index contributed by atoms with van der Waals surface area (Å²) >= 11 is 0. The number of nitrogens with zero attached hydrogens (tertiary/aromatic N) is 3. The Labute approximate surface area is 215 Å². The van der Waals surface area contributed by atoms with Gasteiger partial charge in [0, 0.05) is 36.9 Å². The van der Waals surface area contributed by atoms with Crippen LogP contribution in [0.2, 0.25) is 0 Å². The summed E-state index contributed by atoms with van der Waals surface area (Å²) < 4.78 is 2.05. The maximum absolute atomic E-state index is 12.5. The van der Waals surface area contributed by atoms with Crippen molar-refractivity contribution in [2.24, 2.45) is 10.9 Å². The molecule has 1 heterocycles. The molecule has 1 aliphatic rings. The van der Waals surface area contributed by atoms with E-state index in [0.717, 1.165) is 74.6 Å². The standard InChI is InChI=1S/C25H38N6O.HI/c1-4-26-25(27-14-9-15-31-20(3)16-19(2)30-31)28-18-21-10-8-13-23(17-21)29-24(32)22-11-6-5-7-12-22;/h8,10,13,16-17,22H,4-7,9,11-12,14-15,18H2,1-3H3,(H,29,32)(H2,26,27,28);1H. The van der Waals surface area contributed by atoms with Crippen molar-refractivity contribution in [2.75, 3.05) is 18.4 Å². The zero-order valence-electron chi connectivity index (χ0n) is 20.2. The van der Waals surface area contributed by atoms with Crippen LogP contribution in [-0.2, 0) is 17.9 Å². The van der Waals surface area contributed by atoms with E-state index in [1.54, 1.807) is 0 Å². The summed E-state index contributed by atoms with van der Waals surface area (Å²) in [5.74, 6) is 1.12. The smallest absolute Gasteiger partial charge is 0.227 e. The van der Waals surface area contributed by atoms with Crippen LogP contribution >= 0.6 is 24.0 Å². The first-order chi connectivity index (χ1) is 15.5. The molecule has 1 aromatic carbocycles. The average Bonchev–Trinajstić information content (AvgIpc) is 3.12. The van der Waals surface area contributed by atoms with Gasteiger partial charge in [-0.1, -0.05) is 31.4 Å². The minimum atomic E-state index is 0.